The second kappa shape index (κ2) is 14.4. The number of carbonyl (C=O) groups excluding carboxylic acids is 4. The van der Waals surface area contributed by atoms with Crippen LogP contribution in [0.15, 0.2) is 77.8 Å². The van der Waals surface area contributed by atoms with Crippen molar-refractivity contribution >= 4 is 33.7 Å². The van der Waals surface area contributed by atoms with Crippen LogP contribution in [-0.2, 0) is 26.0 Å². The van der Waals surface area contributed by atoms with Crippen molar-refractivity contribution in [3.8, 4) is 0 Å². The summed E-state index contributed by atoms with van der Waals surface area (Å²) in [5.41, 5.74) is 1.08. The molecule has 0 atom stereocenters. The monoisotopic (exact) mass is 546 g/mol. The molecule has 0 saturated carbocycles. The molecule has 1 aromatic heterocycles. The van der Waals surface area contributed by atoms with Gasteiger partial charge in [0, 0.05) is 18.3 Å². The van der Waals surface area contributed by atoms with Crippen LogP contribution in [0.4, 0.5) is 0 Å². The molecule has 2 N–H and O–H groups in total. The summed E-state index contributed by atoms with van der Waals surface area (Å²) in [7, 11) is -3.09. The van der Waals surface area contributed by atoms with Crippen LogP contribution in [0.3, 0.4) is 0 Å². The normalized spacial score (nSPS) is 10.4. The number of esters is 1. The summed E-state index contributed by atoms with van der Waals surface area (Å²) < 4.78 is 31.5. The molecule has 0 radical (unpaired) electrons. The Morgan fingerprint density at radius 1 is 0.895 bits per heavy atom. The van der Waals surface area contributed by atoms with Crippen LogP contribution in [0.2, 0.25) is 0 Å². The summed E-state index contributed by atoms with van der Waals surface area (Å²) in [5.74, 6) is -2.83. The fraction of sp³-hybridized carbons (Fsp3) is 0.160. The van der Waals surface area contributed by atoms with E-state index in [1.165, 1.54) is 36.4 Å². The van der Waals surface area contributed by atoms with E-state index in [4.69, 9.17) is 0 Å². The van der Waals surface area contributed by atoms with E-state index in [-0.39, 0.29) is 57.2 Å². The van der Waals surface area contributed by atoms with Crippen LogP contribution in [-0.4, -0.2) is 57.3 Å². The maximum Gasteiger partial charge on any atom is 1.00 e. The van der Waals surface area contributed by atoms with Gasteiger partial charge in [0.2, 0.25) is 0 Å². The first kappa shape index (κ1) is 30.6. The van der Waals surface area contributed by atoms with Gasteiger partial charge in [-0.2, -0.15) is 0 Å². The molecule has 0 aliphatic heterocycles. The maximum absolute atomic E-state index is 12.6. The predicted molar refractivity (Wildman–Crippen MR) is 132 cm³/mol. The molecule has 0 aliphatic carbocycles. The summed E-state index contributed by atoms with van der Waals surface area (Å²) in [6, 6.07) is 17.1. The number of rotatable bonds is 10. The minimum absolute atomic E-state index is 0. The van der Waals surface area contributed by atoms with Gasteiger partial charge in [-0.05, 0) is 54.9 Å². The molecule has 3 aromatic rings. The summed E-state index contributed by atoms with van der Waals surface area (Å²) >= 11 is 0. The molecule has 11 nitrogen and oxygen atoms in total. The molecular formula is C25H23N4NaO7S. The van der Waals surface area contributed by atoms with Crippen LogP contribution in [0, 0.1) is 0 Å². The van der Waals surface area contributed by atoms with Gasteiger partial charge in [-0.3, -0.25) is 19.4 Å². The standard InChI is InChI=1S/C25H24N4O7S.Na/c1-36-22(30)16-28-25(33)21-12-9-19(15-27-21)24(32)29-37(34,35)20-10-7-18(8-11-20)23(31)26-14-13-17-5-3-2-4-6-17;/h2-12,15H,13-14,16H2,1H3,(H3,26,28,29,31,32,33);/q;+1/p-1. The molecular weight excluding hydrogens is 523 g/mol. The Kier molecular flexibility index (Phi) is 11.6. The summed E-state index contributed by atoms with van der Waals surface area (Å²) in [6.45, 7) is -0.0671. The number of carbonyl (C=O) groups is 4. The first-order valence-corrected chi connectivity index (χ1v) is 12.4. The number of ether oxygens (including phenoxy) is 1. The van der Waals surface area contributed by atoms with Gasteiger partial charge in [0.15, 0.2) is 0 Å². The second-order valence-corrected chi connectivity index (χ2v) is 9.26. The van der Waals surface area contributed by atoms with Crippen LogP contribution in [0.1, 0.15) is 36.8 Å². The van der Waals surface area contributed by atoms with Gasteiger partial charge in [-0.1, -0.05) is 30.3 Å². The van der Waals surface area contributed by atoms with Crippen molar-refractivity contribution in [2.24, 2.45) is 0 Å². The Morgan fingerprint density at radius 2 is 1.55 bits per heavy atom. The Hall–Kier alpha value is -3.58. The smallest absolute Gasteiger partial charge is 0.639 e. The average Bonchev–Trinajstić information content (AvgIpc) is 2.92. The largest absolute Gasteiger partial charge is 1.00 e. The first-order chi connectivity index (χ1) is 17.7. The van der Waals surface area contributed by atoms with E-state index in [0.717, 1.165) is 18.9 Å². The van der Waals surface area contributed by atoms with Crippen molar-refractivity contribution in [2.45, 2.75) is 11.3 Å². The number of hydrogen-bond donors (Lipinski definition) is 2. The number of aromatic nitrogens is 1. The van der Waals surface area contributed by atoms with Crippen LogP contribution < -0.4 is 39.6 Å². The number of methoxy groups -OCH3 is 1. The fourth-order valence-corrected chi connectivity index (χ4v) is 4.00. The van der Waals surface area contributed by atoms with Gasteiger partial charge in [-0.15, -0.1) is 0 Å². The molecule has 3 amide bonds. The molecule has 13 heteroatoms. The summed E-state index contributed by atoms with van der Waals surface area (Å²) in [6.07, 6.45) is 1.66. The van der Waals surface area contributed by atoms with Crippen molar-refractivity contribution in [3.05, 3.63) is 101 Å². The average molecular weight is 547 g/mol. The fourth-order valence-electron chi connectivity index (χ4n) is 3.03. The van der Waals surface area contributed by atoms with E-state index >= 15 is 0 Å². The van der Waals surface area contributed by atoms with Gasteiger partial charge >= 0.3 is 29.6 Å². The van der Waals surface area contributed by atoms with Crippen LogP contribution in [0.25, 0.3) is 5.32 Å². The van der Waals surface area contributed by atoms with E-state index in [1.54, 1.807) is 0 Å². The molecule has 2 aromatic carbocycles. The number of benzene rings is 2. The van der Waals surface area contributed by atoms with Crippen LogP contribution >= 0.6 is 0 Å². The van der Waals surface area contributed by atoms with E-state index < -0.39 is 34.4 Å². The molecule has 0 spiro atoms. The Morgan fingerprint density at radius 3 is 2.16 bits per heavy atom. The molecule has 0 unspecified atom stereocenters. The number of pyridine rings is 1. The Labute approximate surface area is 241 Å². The zero-order valence-electron chi connectivity index (χ0n) is 20.7. The molecule has 0 aliphatic rings. The van der Waals surface area contributed by atoms with Gasteiger partial charge < -0.3 is 20.2 Å². The van der Waals surface area contributed by atoms with Crippen molar-refractivity contribution in [1.82, 2.24) is 15.0 Å². The second-order valence-electron chi connectivity index (χ2n) is 7.58. The maximum atomic E-state index is 12.6. The predicted octanol–water partition coefficient (Wildman–Crippen LogP) is -1.14. The number of amides is 3. The molecule has 38 heavy (non-hydrogen) atoms. The summed E-state index contributed by atoms with van der Waals surface area (Å²) in [5, 5.41) is 6.26. The van der Waals surface area contributed by atoms with Crippen molar-refractivity contribution in [2.75, 3.05) is 20.2 Å². The zero-order chi connectivity index (χ0) is 26.8. The number of nitrogens with one attached hydrogen (secondary N) is 2. The minimum atomic E-state index is -4.25. The van der Waals surface area contributed by atoms with Gasteiger partial charge in [0.1, 0.15) is 5.91 Å². The molecule has 0 fully saturated rings. The third kappa shape index (κ3) is 8.77. The molecule has 192 valence electrons. The quantitative estimate of drug-likeness (QED) is 0.238. The van der Waals surface area contributed by atoms with Crippen LogP contribution in [0.5, 0.6) is 0 Å². The first-order valence-electron chi connectivity index (χ1n) is 10.9. The van der Waals surface area contributed by atoms with E-state index in [0.29, 0.717) is 13.0 Å². The summed E-state index contributed by atoms with van der Waals surface area (Å²) in [4.78, 5) is 51.3. The minimum Gasteiger partial charge on any atom is -0.639 e. The van der Waals surface area contributed by atoms with Crippen molar-refractivity contribution in [3.63, 3.8) is 0 Å². The van der Waals surface area contributed by atoms with E-state index in [9.17, 15) is 27.6 Å². The molecule has 1 heterocycles. The number of hydrogen-bond acceptors (Lipinski definition) is 8. The third-order valence-corrected chi connectivity index (χ3v) is 6.37. The van der Waals surface area contributed by atoms with E-state index in [1.807, 2.05) is 35.1 Å². The third-order valence-electron chi connectivity index (χ3n) is 5.02. The van der Waals surface area contributed by atoms with Crippen molar-refractivity contribution < 1.29 is 61.9 Å². The van der Waals surface area contributed by atoms with Gasteiger partial charge in [0.25, 0.3) is 27.8 Å². The SMILES string of the molecule is COC(=O)C[N-]C(=O)c1ccc(C(=O)NS(=O)(=O)c2ccc(C(=O)NCCc3ccccc3)cc2)cn1.[Na+]. The molecule has 0 bridgehead atoms. The van der Waals surface area contributed by atoms with Crippen molar-refractivity contribution in [1.29, 1.82) is 0 Å². The Bertz CT molecular complexity index is 1380. The number of nitrogens with zero attached hydrogens (tertiary/aromatic N) is 2. The number of sulfonamides is 1. The molecule has 0 saturated heterocycles. The van der Waals surface area contributed by atoms with Gasteiger partial charge in [0.05, 0.1) is 23.3 Å². The molecule has 3 rings (SSSR count). The van der Waals surface area contributed by atoms with Gasteiger partial charge in [-0.25, -0.2) is 13.1 Å². The topological polar surface area (TPSA) is 163 Å². The van der Waals surface area contributed by atoms with E-state index in [2.05, 4.69) is 20.4 Å². The Balaban J connectivity index is 0.00000507. The zero-order valence-corrected chi connectivity index (χ0v) is 23.5.